The van der Waals surface area contributed by atoms with Crippen LogP contribution in [0.15, 0.2) is 36.4 Å². The zero-order valence-electron chi connectivity index (χ0n) is 25.1. The van der Waals surface area contributed by atoms with Gasteiger partial charge in [0.2, 0.25) is 17.7 Å². The van der Waals surface area contributed by atoms with Crippen LogP contribution < -0.4 is 10.6 Å². The molecule has 1 aliphatic carbocycles. The zero-order valence-corrected chi connectivity index (χ0v) is 25.8. The van der Waals surface area contributed by atoms with E-state index in [0.29, 0.717) is 41.7 Å². The summed E-state index contributed by atoms with van der Waals surface area (Å²) < 4.78 is 6.55. The molecule has 5 aliphatic rings. The average Bonchev–Trinajstić information content (AvgIpc) is 3.61. The number of hydrogen-bond donors (Lipinski definition) is 2. The molecule has 0 radical (unpaired) electrons. The molecule has 0 unspecified atom stereocenters. The highest BCUT2D eigenvalue weighted by Crippen LogP contribution is 2.55. The molecule has 4 fully saturated rings. The molecule has 3 saturated heterocycles. The molecule has 42 heavy (non-hydrogen) atoms. The van der Waals surface area contributed by atoms with Gasteiger partial charge >= 0.3 is 0 Å². The van der Waals surface area contributed by atoms with Gasteiger partial charge in [-0.15, -0.1) is 0 Å². The standard InChI is InChI=1S/C33H45ClN4O4/c1-4-24-12-5-6-16-37(24)17-18-38-29(31(40)36-25-13-7-9-20(2)21(25)3)33-15-14-26(42-33)27(28(33)32(38)41)30(39)35-23-11-8-10-22(34)19-23/h8,10-11,14-15,19-21,24-29H,4-7,9,12-13,16-18H2,1-3H3,(H,35,39)(H,36,40)/t20-,21-,24-,25-,26+,27-,28+,29+,33+/m1/s1. The van der Waals surface area contributed by atoms with E-state index in [9.17, 15) is 14.4 Å². The Kier molecular flexibility index (Phi) is 8.42. The largest absolute Gasteiger partial charge is 0.359 e. The third-order valence-electron chi connectivity index (χ3n) is 10.9. The maximum absolute atomic E-state index is 14.4. The molecule has 6 rings (SSSR count). The van der Waals surface area contributed by atoms with Gasteiger partial charge in [0.15, 0.2) is 0 Å². The Morgan fingerprint density at radius 1 is 1.10 bits per heavy atom. The van der Waals surface area contributed by atoms with E-state index in [1.165, 1.54) is 12.8 Å². The van der Waals surface area contributed by atoms with Gasteiger partial charge in [0.25, 0.3) is 0 Å². The van der Waals surface area contributed by atoms with Gasteiger partial charge in [-0.05, 0) is 62.3 Å². The molecule has 3 amide bonds. The molecule has 0 aromatic heterocycles. The summed E-state index contributed by atoms with van der Waals surface area (Å²) in [6.45, 7) is 8.83. The van der Waals surface area contributed by atoms with Crippen molar-refractivity contribution in [3.63, 3.8) is 0 Å². The van der Waals surface area contributed by atoms with Crippen molar-refractivity contribution in [3.05, 3.63) is 41.4 Å². The number of carbonyl (C=O) groups excluding carboxylic acids is 3. The number of ether oxygens (including phenoxy) is 1. The van der Waals surface area contributed by atoms with Crippen molar-refractivity contribution in [1.82, 2.24) is 15.1 Å². The lowest BCUT2D eigenvalue weighted by molar-refractivity contribution is -0.142. The summed E-state index contributed by atoms with van der Waals surface area (Å²) in [7, 11) is 0. The molecular formula is C33H45ClN4O4. The highest BCUT2D eigenvalue weighted by molar-refractivity contribution is 6.30. The Bertz CT molecular complexity index is 1240. The molecule has 1 aromatic carbocycles. The molecule has 2 N–H and O–H groups in total. The Morgan fingerprint density at radius 2 is 1.93 bits per heavy atom. The van der Waals surface area contributed by atoms with Crippen LogP contribution in [0.4, 0.5) is 5.69 Å². The highest BCUT2D eigenvalue weighted by atomic mass is 35.5. The molecule has 4 aliphatic heterocycles. The van der Waals surface area contributed by atoms with Crippen LogP contribution in [0.3, 0.4) is 0 Å². The lowest BCUT2D eigenvalue weighted by Crippen LogP contribution is -2.58. The van der Waals surface area contributed by atoms with E-state index < -0.39 is 29.6 Å². The average molecular weight is 597 g/mol. The van der Waals surface area contributed by atoms with Crippen LogP contribution in [0.5, 0.6) is 0 Å². The summed E-state index contributed by atoms with van der Waals surface area (Å²) >= 11 is 6.16. The van der Waals surface area contributed by atoms with Crippen LogP contribution in [-0.2, 0) is 19.1 Å². The van der Waals surface area contributed by atoms with Gasteiger partial charge in [0.05, 0.1) is 17.9 Å². The quantitative estimate of drug-likeness (QED) is 0.427. The number of piperidine rings is 1. The fraction of sp³-hybridized carbons (Fsp3) is 0.667. The SMILES string of the molecule is CC[C@@H]1CCCCN1CCN1C(=O)[C@@H]2[C@H](C(=O)Nc3cccc(Cl)c3)[C@@H]3C=C[C@@]2(O3)[C@@H]1C(=O)N[C@@H]1CCC[C@@H](C)[C@H]1C. The number of hydrogen-bond acceptors (Lipinski definition) is 5. The van der Waals surface area contributed by atoms with Crippen LogP contribution >= 0.6 is 11.6 Å². The summed E-state index contributed by atoms with van der Waals surface area (Å²) in [6, 6.07) is 6.73. The van der Waals surface area contributed by atoms with Gasteiger partial charge in [0.1, 0.15) is 11.6 Å². The van der Waals surface area contributed by atoms with E-state index in [0.717, 1.165) is 38.6 Å². The van der Waals surface area contributed by atoms with Crippen LogP contribution in [0.2, 0.25) is 5.02 Å². The maximum Gasteiger partial charge on any atom is 0.246 e. The molecule has 4 heterocycles. The highest BCUT2D eigenvalue weighted by Gasteiger charge is 2.72. The van der Waals surface area contributed by atoms with Crippen molar-refractivity contribution in [3.8, 4) is 0 Å². The van der Waals surface area contributed by atoms with Crippen molar-refractivity contribution >= 4 is 35.0 Å². The first-order chi connectivity index (χ1) is 20.2. The Labute approximate surface area is 254 Å². The summed E-state index contributed by atoms with van der Waals surface area (Å²) in [5, 5.41) is 6.83. The maximum atomic E-state index is 14.4. The minimum Gasteiger partial charge on any atom is -0.359 e. The smallest absolute Gasteiger partial charge is 0.246 e. The minimum atomic E-state index is -1.16. The van der Waals surface area contributed by atoms with E-state index in [2.05, 4.69) is 36.3 Å². The van der Waals surface area contributed by atoms with Crippen LogP contribution in [0, 0.1) is 23.7 Å². The topological polar surface area (TPSA) is 91.0 Å². The van der Waals surface area contributed by atoms with Gasteiger partial charge in [-0.1, -0.05) is 69.9 Å². The van der Waals surface area contributed by atoms with Crippen molar-refractivity contribution in [2.45, 2.75) is 95.5 Å². The third-order valence-corrected chi connectivity index (χ3v) is 11.1. The van der Waals surface area contributed by atoms with Gasteiger partial charge in [0, 0.05) is 35.9 Å². The number of rotatable bonds is 8. The number of carbonyl (C=O) groups is 3. The molecule has 2 bridgehead atoms. The fourth-order valence-electron chi connectivity index (χ4n) is 8.40. The summed E-state index contributed by atoms with van der Waals surface area (Å²) in [4.78, 5) is 46.6. The molecule has 1 aromatic rings. The summed E-state index contributed by atoms with van der Waals surface area (Å²) in [5.74, 6) is -1.22. The van der Waals surface area contributed by atoms with Crippen LogP contribution in [0.1, 0.15) is 65.7 Å². The first-order valence-corrected chi connectivity index (χ1v) is 16.4. The first kappa shape index (κ1) is 29.6. The molecule has 228 valence electrons. The van der Waals surface area contributed by atoms with Gasteiger partial charge in [-0.3, -0.25) is 19.3 Å². The van der Waals surface area contributed by atoms with E-state index in [4.69, 9.17) is 16.3 Å². The van der Waals surface area contributed by atoms with Crippen LogP contribution in [0.25, 0.3) is 0 Å². The zero-order chi connectivity index (χ0) is 29.6. The van der Waals surface area contributed by atoms with E-state index >= 15 is 0 Å². The predicted octanol–water partition coefficient (Wildman–Crippen LogP) is 4.63. The fourth-order valence-corrected chi connectivity index (χ4v) is 8.59. The number of anilines is 1. The molecule has 9 atom stereocenters. The minimum absolute atomic E-state index is 0.0599. The number of amides is 3. The second-order valence-electron chi connectivity index (χ2n) is 13.2. The van der Waals surface area contributed by atoms with Gasteiger partial charge < -0.3 is 20.3 Å². The number of likely N-dealkylation sites (tertiary alicyclic amines) is 2. The number of halogens is 1. The normalized spacial score (nSPS) is 37.6. The second kappa shape index (κ2) is 11.9. The van der Waals surface area contributed by atoms with Gasteiger partial charge in [-0.25, -0.2) is 0 Å². The number of nitrogens with zero attached hydrogens (tertiary/aromatic N) is 2. The van der Waals surface area contributed by atoms with E-state index in [1.807, 2.05) is 12.2 Å². The molecule has 1 spiro atoms. The van der Waals surface area contributed by atoms with E-state index in [-0.39, 0.29) is 23.8 Å². The summed E-state index contributed by atoms with van der Waals surface area (Å²) in [5.41, 5.74) is -0.585. The van der Waals surface area contributed by atoms with E-state index in [1.54, 1.807) is 29.2 Å². The summed E-state index contributed by atoms with van der Waals surface area (Å²) in [6.07, 6.45) is 11.0. The lowest BCUT2D eigenvalue weighted by atomic mass is 9.73. The lowest BCUT2D eigenvalue weighted by Gasteiger charge is -2.39. The molecule has 1 saturated carbocycles. The molecular weight excluding hydrogens is 552 g/mol. The third kappa shape index (κ3) is 5.17. The van der Waals surface area contributed by atoms with Crippen molar-refractivity contribution < 1.29 is 19.1 Å². The Hall–Kier alpha value is -2.42. The van der Waals surface area contributed by atoms with Crippen LogP contribution in [-0.4, -0.2) is 77.0 Å². The number of benzene rings is 1. The molecule has 8 nitrogen and oxygen atoms in total. The first-order valence-electron chi connectivity index (χ1n) is 16.0. The Balaban J connectivity index is 1.28. The molecule has 9 heteroatoms. The predicted molar refractivity (Wildman–Crippen MR) is 163 cm³/mol. The monoisotopic (exact) mass is 596 g/mol. The Morgan fingerprint density at radius 3 is 2.71 bits per heavy atom. The second-order valence-corrected chi connectivity index (χ2v) is 13.6. The van der Waals surface area contributed by atoms with Crippen molar-refractivity contribution in [2.24, 2.45) is 23.7 Å². The number of nitrogens with one attached hydrogen (secondary N) is 2. The van der Waals surface area contributed by atoms with Crippen molar-refractivity contribution in [1.29, 1.82) is 0 Å². The van der Waals surface area contributed by atoms with Gasteiger partial charge in [-0.2, -0.15) is 0 Å². The van der Waals surface area contributed by atoms with Crippen molar-refractivity contribution in [2.75, 3.05) is 25.0 Å². The number of fused-ring (bicyclic) bond motifs is 1.